The lowest BCUT2D eigenvalue weighted by atomic mass is 10.00. The Morgan fingerprint density at radius 3 is 2.71 bits per heavy atom. The summed E-state index contributed by atoms with van der Waals surface area (Å²) < 4.78 is 31.5. The minimum atomic E-state index is -3.80. The van der Waals surface area contributed by atoms with Crippen LogP contribution in [0.25, 0.3) is 10.4 Å². The molecule has 2 rings (SSSR count). The average Bonchev–Trinajstić information content (AvgIpc) is 3.14. The first-order valence-electron chi connectivity index (χ1n) is 11.1. The van der Waals surface area contributed by atoms with Crippen molar-refractivity contribution in [1.29, 1.82) is 0 Å². The van der Waals surface area contributed by atoms with Crippen molar-refractivity contribution < 1.29 is 23.1 Å². The van der Waals surface area contributed by atoms with Crippen LogP contribution >= 0.6 is 19.5 Å². The van der Waals surface area contributed by atoms with E-state index in [1.165, 1.54) is 10.8 Å². The molecular weight excluding hydrogens is 499 g/mol. The topological polar surface area (TPSA) is 177 Å². The summed E-state index contributed by atoms with van der Waals surface area (Å²) in [7, 11) is -3.80. The van der Waals surface area contributed by atoms with E-state index in [1.807, 2.05) is 20.8 Å². The van der Waals surface area contributed by atoms with E-state index in [9.17, 15) is 18.9 Å². The van der Waals surface area contributed by atoms with Gasteiger partial charge in [0.25, 0.3) is 5.56 Å². The fraction of sp³-hybridized carbons (Fsp3) is 0.750. The highest BCUT2D eigenvalue weighted by Crippen LogP contribution is 2.45. The molecule has 2 N–H and O–H groups in total. The molecule has 2 heterocycles. The lowest BCUT2D eigenvalue weighted by molar-refractivity contribution is -0.117. The van der Waals surface area contributed by atoms with E-state index in [4.69, 9.17) is 19.3 Å². The number of H-pyrrole nitrogens is 1. The van der Waals surface area contributed by atoms with Crippen LogP contribution in [0.2, 0.25) is 0 Å². The Labute approximate surface area is 207 Å². The number of azide groups is 1. The molecule has 0 aromatic carbocycles. The smallest absolute Gasteiger partial charge is 0.352 e. The second-order valence-electron chi connectivity index (χ2n) is 9.41. The molecule has 0 amide bonds. The molecule has 1 aromatic rings. The van der Waals surface area contributed by atoms with Crippen LogP contribution in [0.15, 0.2) is 20.9 Å². The predicted octanol–water partition coefficient (Wildman–Crippen LogP) is 3.26. The lowest BCUT2D eigenvalue weighted by Crippen LogP contribution is -2.33. The molecule has 1 unspecified atom stereocenters. The summed E-state index contributed by atoms with van der Waals surface area (Å²) in [4.78, 5) is 41.0. The molecule has 0 radical (unpaired) electrons. The van der Waals surface area contributed by atoms with Crippen LogP contribution in [-0.2, 0) is 23.1 Å². The van der Waals surface area contributed by atoms with Crippen LogP contribution in [0.3, 0.4) is 0 Å². The second kappa shape index (κ2) is 12.4. The Kier molecular flexibility index (Phi) is 10.3. The lowest BCUT2D eigenvalue weighted by Gasteiger charge is -2.24. The Balaban J connectivity index is 2.08. The molecule has 13 nitrogen and oxygen atoms in total. The van der Waals surface area contributed by atoms with Crippen molar-refractivity contribution in [2.75, 3.05) is 19.0 Å². The number of nitrogens with one attached hydrogen (secondary N) is 2. The van der Waals surface area contributed by atoms with Gasteiger partial charge in [0, 0.05) is 40.3 Å². The molecule has 1 aromatic heterocycles. The second-order valence-corrected chi connectivity index (χ2v) is 12.2. The maximum atomic E-state index is 13.3. The molecule has 0 aliphatic carbocycles. The molecule has 1 aliphatic rings. The van der Waals surface area contributed by atoms with Crippen LogP contribution in [0.5, 0.6) is 0 Å². The van der Waals surface area contributed by atoms with Gasteiger partial charge in [-0.05, 0) is 26.3 Å². The summed E-state index contributed by atoms with van der Waals surface area (Å²) in [6.07, 6.45) is -0.122. The van der Waals surface area contributed by atoms with Crippen molar-refractivity contribution in [1.82, 2.24) is 14.6 Å². The predicted molar refractivity (Wildman–Crippen MR) is 132 cm³/mol. The van der Waals surface area contributed by atoms with Gasteiger partial charge in [-0.15, -0.1) is 0 Å². The number of aromatic amines is 1. The molecule has 4 atom stereocenters. The molecule has 0 spiro atoms. The van der Waals surface area contributed by atoms with Gasteiger partial charge in [0.2, 0.25) is 0 Å². The van der Waals surface area contributed by atoms with Crippen molar-refractivity contribution in [3.63, 3.8) is 0 Å². The van der Waals surface area contributed by atoms with Gasteiger partial charge in [0.15, 0.2) is 5.12 Å². The number of thioether (sulfide) groups is 1. The van der Waals surface area contributed by atoms with Gasteiger partial charge in [-0.25, -0.2) is 14.4 Å². The van der Waals surface area contributed by atoms with Gasteiger partial charge in [0.05, 0.1) is 25.4 Å². The van der Waals surface area contributed by atoms with Crippen LogP contribution in [0.4, 0.5) is 0 Å². The van der Waals surface area contributed by atoms with Crippen molar-refractivity contribution in [2.45, 2.75) is 72.4 Å². The number of aryl methyl sites for hydroxylation is 1. The molecular formula is C20H33N6O7PS. The number of hydrogen-bond acceptors (Lipinski definition) is 9. The minimum absolute atomic E-state index is 0.00343. The number of hydrogen-bond donors (Lipinski definition) is 2. The number of aromatic nitrogens is 2. The number of carbonyl (C=O) groups is 1. The van der Waals surface area contributed by atoms with E-state index in [0.29, 0.717) is 11.3 Å². The fourth-order valence-electron chi connectivity index (χ4n) is 3.13. The van der Waals surface area contributed by atoms with Gasteiger partial charge >= 0.3 is 13.4 Å². The maximum absolute atomic E-state index is 13.3. The van der Waals surface area contributed by atoms with Gasteiger partial charge in [-0.1, -0.05) is 37.6 Å². The van der Waals surface area contributed by atoms with Gasteiger partial charge < -0.3 is 4.74 Å². The molecule has 35 heavy (non-hydrogen) atoms. The van der Waals surface area contributed by atoms with Gasteiger partial charge in [0.1, 0.15) is 6.23 Å². The van der Waals surface area contributed by atoms with Crippen LogP contribution in [0.1, 0.15) is 52.8 Å². The maximum Gasteiger partial charge on any atom is 0.405 e. The number of ether oxygens (including phenoxy) is 1. The van der Waals surface area contributed by atoms with Crippen molar-refractivity contribution >= 4 is 24.6 Å². The summed E-state index contributed by atoms with van der Waals surface area (Å²) in [6, 6.07) is -0.950. The fourth-order valence-corrected chi connectivity index (χ4v) is 5.57. The Bertz CT molecular complexity index is 1110. The zero-order valence-corrected chi connectivity index (χ0v) is 22.4. The first-order valence-corrected chi connectivity index (χ1v) is 13.6. The molecule has 1 saturated heterocycles. The molecule has 196 valence electrons. The number of nitrogens with zero attached hydrogens (tertiary/aromatic N) is 4. The van der Waals surface area contributed by atoms with E-state index in [2.05, 4.69) is 20.1 Å². The number of rotatable bonds is 11. The zero-order valence-electron chi connectivity index (χ0n) is 20.7. The summed E-state index contributed by atoms with van der Waals surface area (Å²) in [6.45, 7) is 10.3. The first kappa shape index (κ1) is 29.3. The van der Waals surface area contributed by atoms with E-state index in [-0.39, 0.29) is 30.8 Å². The van der Waals surface area contributed by atoms with Gasteiger partial charge in [-0.2, -0.15) is 0 Å². The highest BCUT2D eigenvalue weighted by Gasteiger charge is 2.38. The largest absolute Gasteiger partial charge is 0.405 e. The summed E-state index contributed by atoms with van der Waals surface area (Å²) in [5.74, 6) is 0.293. The van der Waals surface area contributed by atoms with E-state index in [1.54, 1.807) is 20.8 Å². The van der Waals surface area contributed by atoms with Crippen LogP contribution in [0, 0.1) is 12.3 Å². The third kappa shape index (κ3) is 8.60. The minimum Gasteiger partial charge on any atom is -0.352 e. The van der Waals surface area contributed by atoms with E-state index < -0.39 is 42.8 Å². The molecule has 1 fully saturated rings. The monoisotopic (exact) mass is 532 g/mol. The van der Waals surface area contributed by atoms with Crippen molar-refractivity contribution in [3.05, 3.63) is 43.0 Å². The number of carbonyl (C=O) groups excluding carboxylic acids is 1. The molecule has 0 saturated carbocycles. The summed E-state index contributed by atoms with van der Waals surface area (Å²) in [5.41, 5.74) is 7.60. The Morgan fingerprint density at radius 1 is 1.43 bits per heavy atom. The van der Waals surface area contributed by atoms with Crippen LogP contribution in [-0.4, -0.2) is 51.8 Å². The molecule has 0 bridgehead atoms. The third-order valence-corrected chi connectivity index (χ3v) is 7.96. The van der Waals surface area contributed by atoms with Crippen molar-refractivity contribution in [3.8, 4) is 0 Å². The standard InChI is InChI=1S/C20H33N6O7PS/c1-12(2)24-34(30,31-7-8-35-18(28)20(4,5)6)32-11-15-14(23-25-21)9-16(33-15)26-10-13(3)17(27)22-19(26)29/h10,12,14-16H,7-9,11H2,1-6H3,(H,24,30)(H,22,27,29)/t14-,15+,16+,34?/m0/s1. The van der Waals surface area contributed by atoms with Gasteiger partial charge in [-0.3, -0.25) is 28.2 Å². The summed E-state index contributed by atoms with van der Waals surface area (Å²) in [5, 5.41) is 6.49. The third-order valence-electron chi connectivity index (χ3n) is 4.88. The Morgan fingerprint density at radius 2 is 2.11 bits per heavy atom. The highest BCUT2D eigenvalue weighted by atomic mass is 32.2. The summed E-state index contributed by atoms with van der Waals surface area (Å²) >= 11 is 1.09. The highest BCUT2D eigenvalue weighted by molar-refractivity contribution is 8.13. The average molecular weight is 533 g/mol. The molecule has 15 heteroatoms. The SMILES string of the molecule is Cc1cn([C@H]2C[C@H](N=[N+]=[N-])[C@@H](COP(=O)(NC(C)C)OCCSC(=O)C(C)(C)C)O2)c(=O)[nH]c1=O. The molecule has 1 aliphatic heterocycles. The quantitative estimate of drug-likeness (QED) is 0.142. The Hall–Kier alpha value is -1.92. The first-order chi connectivity index (χ1) is 16.3. The normalized spacial score (nSPS) is 22.1. The van der Waals surface area contributed by atoms with Crippen molar-refractivity contribution in [2.24, 2.45) is 10.5 Å². The van der Waals surface area contributed by atoms with E-state index >= 15 is 0 Å². The van der Waals surface area contributed by atoms with E-state index in [0.717, 1.165) is 11.8 Å². The van der Waals surface area contributed by atoms with Crippen LogP contribution < -0.4 is 16.3 Å². The zero-order chi connectivity index (χ0) is 26.4.